The summed E-state index contributed by atoms with van der Waals surface area (Å²) >= 11 is 0. The van der Waals surface area contributed by atoms with Gasteiger partial charge in [-0.25, -0.2) is 4.79 Å². The number of rotatable bonds is 4. The Kier molecular flexibility index (Phi) is 2.04. The molecule has 0 spiro atoms. The van der Waals surface area contributed by atoms with E-state index in [-0.39, 0.29) is 17.0 Å². The Morgan fingerprint density at radius 2 is 2.21 bits per heavy atom. The smallest absolute Gasteiger partial charge is 0.316 e. The van der Waals surface area contributed by atoms with Gasteiger partial charge in [0.2, 0.25) is 0 Å². The molecule has 0 heterocycles. The molecule has 6 N–H and O–H groups in total. The van der Waals surface area contributed by atoms with Crippen molar-refractivity contribution in [2.45, 2.75) is 32.2 Å². The van der Waals surface area contributed by atoms with E-state index in [1.807, 2.05) is 5.32 Å². The molecule has 1 aromatic carbocycles. The molecule has 1 unspecified atom stereocenters. The second-order valence-corrected chi connectivity index (χ2v) is 3.91. The lowest BCUT2D eigenvalue weighted by atomic mass is 10.1. The number of primary amides is 1. The number of β-amino-alcohol motifs (C(OH)–C–C–N with tert-alkyl or cyclic N) is 1. The first kappa shape index (κ1) is 6.58. The maximum atomic E-state index is 10.9. The van der Waals surface area contributed by atoms with E-state index in [9.17, 15) is 15.0 Å². The van der Waals surface area contributed by atoms with E-state index in [4.69, 9.17) is 18.1 Å². The summed E-state index contributed by atoms with van der Waals surface area (Å²) in [4.78, 5) is 10.9. The third-order valence-corrected chi connectivity index (χ3v) is 2.22. The average Bonchev–Trinajstić information content (AvgIpc) is 2.44. The van der Waals surface area contributed by atoms with Crippen LogP contribution in [0.5, 0.6) is 5.75 Å². The number of amides is 2. The van der Waals surface area contributed by atoms with E-state index >= 15 is 0 Å². The van der Waals surface area contributed by atoms with Gasteiger partial charge in [0.05, 0.1) is 11.8 Å². The van der Waals surface area contributed by atoms with Crippen LogP contribution >= 0.6 is 0 Å². The molecule has 106 valence electrons. The molecule has 0 saturated carbocycles. The van der Waals surface area contributed by atoms with E-state index < -0.39 is 44.8 Å². The number of nitrogens with two attached hydrogens (primary N) is 1. The van der Waals surface area contributed by atoms with Gasteiger partial charge in [0.1, 0.15) is 5.75 Å². The monoisotopic (exact) mass is 276 g/mol. The molecule has 0 aromatic heterocycles. The van der Waals surface area contributed by atoms with Crippen molar-refractivity contribution in [2.75, 3.05) is 11.9 Å². The van der Waals surface area contributed by atoms with Crippen LogP contribution in [0.1, 0.15) is 44.6 Å². The minimum atomic E-state index is -3.46. The Balaban J connectivity index is 3.23. The number of urea groups is 1. The Bertz CT molecular complexity index is 680. The molecule has 2 amide bonds. The topological polar surface area (TPSA) is 108 Å². The number of phenols is 1. The Hall–Kier alpha value is -1.79. The number of aliphatic hydroxyl groups is 1. The predicted octanol–water partition coefficient (Wildman–Crippen LogP) is 1.30. The number of benzene rings is 1. The molecule has 6 heteroatoms. The summed E-state index contributed by atoms with van der Waals surface area (Å²) in [5, 5.41) is 24.1. The van der Waals surface area contributed by atoms with Gasteiger partial charge in [0.25, 0.3) is 0 Å². The van der Waals surface area contributed by atoms with Crippen molar-refractivity contribution < 1.29 is 27.3 Å². The quantitative estimate of drug-likeness (QED) is 0.534. The number of hydrogen-bond donors (Lipinski definition) is 5. The third-order valence-electron chi connectivity index (χ3n) is 2.22. The number of aliphatic hydroxyl groups excluding tert-OH is 1. The van der Waals surface area contributed by atoms with Gasteiger partial charge in [-0.05, 0) is 38.3 Å². The molecule has 1 rings (SSSR count). The van der Waals surface area contributed by atoms with E-state index in [2.05, 4.69) is 5.32 Å². The molecule has 0 saturated heterocycles. The van der Waals surface area contributed by atoms with Crippen LogP contribution < -0.4 is 16.4 Å². The minimum Gasteiger partial charge on any atom is -0.506 e. The summed E-state index contributed by atoms with van der Waals surface area (Å²) in [6, 6.07) is 2.45. The molecule has 6 nitrogen and oxygen atoms in total. The zero-order chi connectivity index (χ0) is 22.1. The summed E-state index contributed by atoms with van der Waals surface area (Å²) < 4.78 is 67.6. The van der Waals surface area contributed by atoms with Crippen molar-refractivity contribution in [3.05, 3.63) is 23.8 Å². The maximum absolute atomic E-state index is 10.9. The zero-order valence-corrected chi connectivity index (χ0v) is 9.90. The molecule has 1 aromatic rings. The minimum absolute atomic E-state index is 0.0320. The maximum Gasteiger partial charge on any atom is 0.316 e. The molecule has 0 radical (unpaired) electrons. The summed E-state index contributed by atoms with van der Waals surface area (Å²) in [6.07, 6.45) is -1.57. The summed E-state index contributed by atoms with van der Waals surface area (Å²) in [7, 11) is 0. The van der Waals surface area contributed by atoms with Crippen LogP contribution in [0, 0.1) is 0 Å². The van der Waals surface area contributed by atoms with Crippen molar-refractivity contribution in [3.63, 3.8) is 0 Å². The number of phenolic OH excluding ortho intramolecular Hbond substituents is 1. The first-order valence-electron chi connectivity index (χ1n) is 9.76. The van der Waals surface area contributed by atoms with Crippen LogP contribution in [0.3, 0.4) is 0 Å². The average molecular weight is 276 g/mol. The highest BCUT2D eigenvalue weighted by Crippen LogP contribution is 2.27. The van der Waals surface area contributed by atoms with E-state index in [0.717, 1.165) is 12.1 Å². The second kappa shape index (κ2) is 5.90. The van der Waals surface area contributed by atoms with Gasteiger partial charge >= 0.3 is 6.03 Å². The first-order chi connectivity index (χ1) is 12.4. The van der Waals surface area contributed by atoms with Crippen LogP contribution in [0.15, 0.2) is 18.2 Å². The predicted molar refractivity (Wildman–Crippen MR) is 74.0 cm³/mol. The van der Waals surface area contributed by atoms with Crippen LogP contribution in [-0.4, -0.2) is 28.3 Å². The summed E-state index contributed by atoms with van der Waals surface area (Å²) in [5.41, 5.74) is 1.54. The molecule has 0 fully saturated rings. The van der Waals surface area contributed by atoms with Gasteiger partial charge < -0.3 is 26.6 Å². The molecule has 0 aliphatic carbocycles. The zero-order valence-electron chi connectivity index (χ0n) is 18.9. The fraction of sp³-hybridized carbons (Fsp3) is 0.462. The molecular weight excluding hydrogens is 246 g/mol. The lowest BCUT2D eigenvalue weighted by Gasteiger charge is -2.23. The van der Waals surface area contributed by atoms with Crippen LogP contribution in [-0.2, 0) is 0 Å². The summed E-state index contributed by atoms with van der Waals surface area (Å²) in [6.45, 7) is -11.1. The van der Waals surface area contributed by atoms with Gasteiger partial charge in [-0.1, -0.05) is 6.07 Å². The Morgan fingerprint density at radius 1 is 1.53 bits per heavy atom. The highest BCUT2D eigenvalue weighted by atomic mass is 16.3. The van der Waals surface area contributed by atoms with Gasteiger partial charge in [0.15, 0.2) is 0 Å². The number of aromatic hydroxyl groups is 1. The number of hydrogen-bond acceptors (Lipinski definition) is 4. The fourth-order valence-corrected chi connectivity index (χ4v) is 1.36. The molecule has 0 aliphatic rings. The molecule has 1 atom stereocenters. The van der Waals surface area contributed by atoms with Gasteiger partial charge in [-0.2, -0.15) is 0 Å². The molecular formula is C13H21N3O3. The largest absolute Gasteiger partial charge is 0.506 e. The SMILES string of the molecule is [2H]C([2H])([2H])C(NCC(O)c1ccc(O)c(NC(N)=O)c1)(C([2H])([2H])[2H])C([2H])([2H])[2H]. The van der Waals surface area contributed by atoms with Crippen molar-refractivity contribution >= 4 is 11.7 Å². The van der Waals surface area contributed by atoms with Gasteiger partial charge in [-0.3, -0.25) is 0 Å². The second-order valence-electron chi connectivity index (χ2n) is 3.91. The third kappa shape index (κ3) is 5.15. The fourth-order valence-electron chi connectivity index (χ4n) is 1.36. The lowest BCUT2D eigenvalue weighted by Crippen LogP contribution is -2.38. The van der Waals surface area contributed by atoms with E-state index in [1.54, 1.807) is 0 Å². The van der Waals surface area contributed by atoms with Gasteiger partial charge in [0, 0.05) is 24.4 Å². The van der Waals surface area contributed by atoms with Crippen LogP contribution in [0.2, 0.25) is 0 Å². The Labute approximate surface area is 125 Å². The van der Waals surface area contributed by atoms with E-state index in [1.165, 1.54) is 6.07 Å². The Morgan fingerprint density at radius 3 is 2.79 bits per heavy atom. The number of carbonyl (C=O) groups is 1. The summed E-state index contributed by atoms with van der Waals surface area (Å²) in [5.74, 6) is -0.371. The van der Waals surface area contributed by atoms with Crippen molar-refractivity contribution in [3.8, 4) is 5.75 Å². The lowest BCUT2D eigenvalue weighted by molar-refractivity contribution is 0.163. The van der Waals surface area contributed by atoms with E-state index in [0.29, 0.717) is 0 Å². The number of nitrogens with one attached hydrogen (secondary N) is 2. The molecule has 19 heavy (non-hydrogen) atoms. The van der Waals surface area contributed by atoms with Crippen LogP contribution in [0.4, 0.5) is 10.5 Å². The highest BCUT2D eigenvalue weighted by molar-refractivity contribution is 5.89. The number of anilines is 1. The highest BCUT2D eigenvalue weighted by Gasteiger charge is 2.15. The van der Waals surface area contributed by atoms with Crippen LogP contribution in [0.25, 0.3) is 0 Å². The van der Waals surface area contributed by atoms with Crippen molar-refractivity contribution in [1.29, 1.82) is 0 Å². The van der Waals surface area contributed by atoms with Crippen molar-refractivity contribution in [2.24, 2.45) is 5.73 Å². The van der Waals surface area contributed by atoms with Crippen molar-refractivity contribution in [1.82, 2.24) is 5.32 Å². The first-order valence-corrected chi connectivity index (χ1v) is 5.26. The number of carbonyl (C=O) groups excluding carboxylic acids is 1. The normalized spacial score (nSPS) is 22.1. The van der Waals surface area contributed by atoms with Gasteiger partial charge in [-0.15, -0.1) is 0 Å². The standard InChI is InChI=1S/C13H21N3O3/c1-13(2,3)15-7-11(18)8-4-5-10(17)9(6-8)16-12(14)19/h4-6,11,15,17-18H,7H2,1-3H3,(H3,14,16,19)/i1D3,2D3,3D3. The molecule has 0 bridgehead atoms. The molecule has 0 aliphatic heterocycles.